The van der Waals surface area contributed by atoms with E-state index in [1.165, 1.54) is 13.2 Å². The monoisotopic (exact) mass is 373 g/mol. The zero-order chi connectivity index (χ0) is 19.7. The first-order valence-electron chi connectivity index (χ1n) is 8.51. The molecular formula is C18H19N3O6. The van der Waals surface area contributed by atoms with Gasteiger partial charge in [0.2, 0.25) is 11.8 Å². The van der Waals surface area contributed by atoms with Crippen molar-refractivity contribution in [1.82, 2.24) is 10.2 Å². The van der Waals surface area contributed by atoms with Crippen LogP contribution in [0.25, 0.3) is 0 Å². The molecule has 0 aliphatic carbocycles. The number of carbonyl (C=O) groups is 5. The Morgan fingerprint density at radius 2 is 2.04 bits per heavy atom. The molecular weight excluding hydrogens is 354 g/mol. The summed E-state index contributed by atoms with van der Waals surface area (Å²) in [5.41, 5.74) is 0.737. The summed E-state index contributed by atoms with van der Waals surface area (Å²) in [5, 5.41) is 5.20. The van der Waals surface area contributed by atoms with E-state index in [1.807, 2.05) is 0 Å². The van der Waals surface area contributed by atoms with Gasteiger partial charge in [-0.15, -0.1) is 0 Å². The molecule has 1 aromatic carbocycles. The number of nitrogens with zero attached hydrogens (tertiary/aromatic N) is 1. The molecule has 9 heteroatoms. The number of methoxy groups -OCH3 is 1. The van der Waals surface area contributed by atoms with Crippen LogP contribution >= 0.6 is 0 Å². The number of piperidine rings is 1. The molecule has 1 saturated heterocycles. The average molecular weight is 373 g/mol. The smallest absolute Gasteiger partial charge is 0.307 e. The third-order valence-electron chi connectivity index (χ3n) is 4.57. The predicted octanol–water partition coefficient (Wildman–Crippen LogP) is 0.451. The minimum atomic E-state index is -1.02. The second-order valence-electron chi connectivity index (χ2n) is 6.50. The molecule has 0 saturated carbocycles. The molecule has 2 N–H and O–H groups in total. The van der Waals surface area contributed by atoms with Gasteiger partial charge in [-0.1, -0.05) is 6.07 Å². The van der Waals surface area contributed by atoms with Crippen molar-refractivity contribution in [2.45, 2.75) is 38.3 Å². The van der Waals surface area contributed by atoms with E-state index < -0.39 is 35.6 Å². The van der Waals surface area contributed by atoms with Gasteiger partial charge in [0, 0.05) is 18.2 Å². The van der Waals surface area contributed by atoms with Crippen LogP contribution in [0.2, 0.25) is 0 Å². The number of amides is 4. The first kappa shape index (κ1) is 18.6. The van der Waals surface area contributed by atoms with E-state index >= 15 is 0 Å². The lowest BCUT2D eigenvalue weighted by Gasteiger charge is -2.27. The van der Waals surface area contributed by atoms with Crippen LogP contribution in [0.3, 0.4) is 0 Å². The average Bonchev–Trinajstić information content (AvgIpc) is 2.87. The molecule has 2 aliphatic rings. The van der Waals surface area contributed by atoms with Gasteiger partial charge in [-0.25, -0.2) is 0 Å². The Hall–Kier alpha value is -3.23. The first-order chi connectivity index (χ1) is 12.8. The minimum absolute atomic E-state index is 0.0606. The van der Waals surface area contributed by atoms with Crippen molar-refractivity contribution >= 4 is 35.3 Å². The number of rotatable bonds is 5. The van der Waals surface area contributed by atoms with E-state index in [-0.39, 0.29) is 36.4 Å². The van der Waals surface area contributed by atoms with Gasteiger partial charge in [0.25, 0.3) is 11.8 Å². The molecule has 3 rings (SSSR count). The third-order valence-corrected chi connectivity index (χ3v) is 4.57. The maximum Gasteiger partial charge on any atom is 0.307 e. The lowest BCUT2D eigenvalue weighted by Crippen LogP contribution is -2.54. The van der Waals surface area contributed by atoms with Crippen molar-refractivity contribution in [3.05, 3.63) is 29.3 Å². The minimum Gasteiger partial charge on any atom is -0.469 e. The molecule has 0 aromatic heterocycles. The fourth-order valence-electron chi connectivity index (χ4n) is 3.29. The van der Waals surface area contributed by atoms with E-state index in [4.69, 9.17) is 0 Å². The van der Waals surface area contributed by atoms with Gasteiger partial charge in [0.1, 0.15) is 6.04 Å². The van der Waals surface area contributed by atoms with Gasteiger partial charge in [0.05, 0.1) is 24.7 Å². The van der Waals surface area contributed by atoms with Gasteiger partial charge in [-0.2, -0.15) is 0 Å². The number of benzene rings is 1. The molecule has 0 spiro atoms. The van der Waals surface area contributed by atoms with Crippen LogP contribution in [-0.4, -0.2) is 53.7 Å². The second-order valence-corrected chi connectivity index (χ2v) is 6.50. The number of imide groups is 2. The topological polar surface area (TPSA) is 122 Å². The van der Waals surface area contributed by atoms with Gasteiger partial charge >= 0.3 is 5.97 Å². The van der Waals surface area contributed by atoms with Crippen LogP contribution in [0.5, 0.6) is 0 Å². The van der Waals surface area contributed by atoms with E-state index in [9.17, 15) is 24.0 Å². The molecule has 2 heterocycles. The number of hydrogen-bond donors (Lipinski definition) is 2. The maximum atomic E-state index is 12.9. The first-order valence-corrected chi connectivity index (χ1v) is 8.51. The zero-order valence-electron chi connectivity index (χ0n) is 14.9. The van der Waals surface area contributed by atoms with Crippen LogP contribution < -0.4 is 10.6 Å². The third kappa shape index (κ3) is 3.40. The van der Waals surface area contributed by atoms with Crippen molar-refractivity contribution in [2.75, 3.05) is 12.4 Å². The number of anilines is 1. The molecule has 1 fully saturated rings. The number of fused-ring (bicyclic) bond motifs is 1. The van der Waals surface area contributed by atoms with Crippen molar-refractivity contribution < 1.29 is 28.7 Å². The van der Waals surface area contributed by atoms with Gasteiger partial charge in [-0.05, 0) is 25.5 Å². The van der Waals surface area contributed by atoms with Gasteiger partial charge < -0.3 is 10.1 Å². The molecule has 4 amide bonds. The van der Waals surface area contributed by atoms with Crippen molar-refractivity contribution in [2.24, 2.45) is 0 Å². The summed E-state index contributed by atoms with van der Waals surface area (Å²) in [6.07, 6.45) is 0.238. The molecule has 0 radical (unpaired) electrons. The zero-order valence-corrected chi connectivity index (χ0v) is 14.9. The number of carbonyl (C=O) groups excluding carboxylic acids is 5. The highest BCUT2D eigenvalue weighted by Crippen LogP contribution is 2.32. The number of hydrogen-bond acceptors (Lipinski definition) is 7. The molecule has 27 heavy (non-hydrogen) atoms. The summed E-state index contributed by atoms with van der Waals surface area (Å²) in [6.45, 7) is 1.75. The standard InChI is InChI=1S/C18H19N3O6/c1-9(8-14(23)27-2)19-11-5-3-4-10-15(11)18(26)21(17(10)25)12-6-7-13(22)20-16(12)24/h3-5,9,12,19H,6-8H2,1-2H3,(H,20,22,24)/t9-,12?/m0/s1. The lowest BCUT2D eigenvalue weighted by molar-refractivity contribution is -0.141. The van der Waals surface area contributed by atoms with Crippen LogP contribution in [0.4, 0.5) is 5.69 Å². The van der Waals surface area contributed by atoms with Crippen molar-refractivity contribution in [3.63, 3.8) is 0 Å². The highest BCUT2D eigenvalue weighted by Gasteiger charge is 2.45. The Balaban J connectivity index is 1.87. The highest BCUT2D eigenvalue weighted by atomic mass is 16.5. The van der Waals surface area contributed by atoms with E-state index in [1.54, 1.807) is 19.1 Å². The maximum absolute atomic E-state index is 12.9. The summed E-state index contributed by atoms with van der Waals surface area (Å²) < 4.78 is 4.63. The van der Waals surface area contributed by atoms with Crippen LogP contribution in [-0.2, 0) is 19.1 Å². The van der Waals surface area contributed by atoms with Crippen LogP contribution in [0.1, 0.15) is 46.9 Å². The summed E-state index contributed by atoms with van der Waals surface area (Å²) in [7, 11) is 1.29. The number of ether oxygens (including phenoxy) is 1. The summed E-state index contributed by atoms with van der Waals surface area (Å²) in [5.74, 6) is -2.66. The summed E-state index contributed by atoms with van der Waals surface area (Å²) >= 11 is 0. The normalized spacial score (nSPS) is 20.2. The van der Waals surface area contributed by atoms with E-state index in [0.717, 1.165) is 4.90 Å². The predicted molar refractivity (Wildman–Crippen MR) is 92.8 cm³/mol. The van der Waals surface area contributed by atoms with Crippen LogP contribution in [0, 0.1) is 0 Å². The Morgan fingerprint density at radius 1 is 1.30 bits per heavy atom. The Morgan fingerprint density at radius 3 is 2.70 bits per heavy atom. The summed E-state index contributed by atoms with van der Waals surface area (Å²) in [4.78, 5) is 61.4. The Bertz CT molecular complexity index is 849. The van der Waals surface area contributed by atoms with E-state index in [0.29, 0.717) is 5.69 Å². The number of esters is 1. The fraction of sp³-hybridized carbons (Fsp3) is 0.389. The van der Waals surface area contributed by atoms with Gasteiger partial charge in [0.15, 0.2) is 0 Å². The van der Waals surface area contributed by atoms with Crippen LogP contribution in [0.15, 0.2) is 18.2 Å². The Kier molecular flexibility index (Phi) is 4.93. The summed E-state index contributed by atoms with van der Waals surface area (Å²) in [6, 6.07) is 3.40. The molecule has 1 unspecified atom stereocenters. The molecule has 9 nitrogen and oxygen atoms in total. The van der Waals surface area contributed by atoms with Gasteiger partial charge in [-0.3, -0.25) is 34.2 Å². The molecule has 0 bridgehead atoms. The second kappa shape index (κ2) is 7.18. The molecule has 2 atom stereocenters. The molecule has 142 valence electrons. The lowest BCUT2D eigenvalue weighted by atomic mass is 10.0. The van der Waals surface area contributed by atoms with Crippen molar-refractivity contribution in [1.29, 1.82) is 0 Å². The highest BCUT2D eigenvalue weighted by molar-refractivity contribution is 6.25. The quantitative estimate of drug-likeness (QED) is 0.568. The number of nitrogens with one attached hydrogen (secondary N) is 2. The van der Waals surface area contributed by atoms with E-state index in [2.05, 4.69) is 15.4 Å². The fourth-order valence-corrected chi connectivity index (χ4v) is 3.29. The molecule has 2 aliphatic heterocycles. The van der Waals surface area contributed by atoms with Crippen molar-refractivity contribution in [3.8, 4) is 0 Å². The Labute approximate surface area is 155 Å². The largest absolute Gasteiger partial charge is 0.469 e. The molecule has 1 aromatic rings. The SMILES string of the molecule is COC(=O)C[C@H](C)Nc1cccc2c1C(=O)N(C1CCC(=O)NC1=O)C2=O.